The van der Waals surface area contributed by atoms with Crippen LogP contribution in [-0.2, 0) is 4.79 Å². The average Bonchev–Trinajstić information content (AvgIpc) is 2.82. The van der Waals surface area contributed by atoms with E-state index in [-0.39, 0.29) is 23.7 Å². The van der Waals surface area contributed by atoms with E-state index in [1.54, 1.807) is 30.3 Å². The number of anilines is 2. The quantitative estimate of drug-likeness (QED) is 0.883. The van der Waals surface area contributed by atoms with E-state index in [9.17, 15) is 9.59 Å². The van der Waals surface area contributed by atoms with E-state index in [2.05, 4.69) is 10.6 Å². The van der Waals surface area contributed by atoms with Crippen LogP contribution in [0.3, 0.4) is 0 Å². The maximum absolute atomic E-state index is 12.3. The first-order valence-electron chi connectivity index (χ1n) is 7.47. The lowest BCUT2D eigenvalue weighted by atomic mass is 9.89. The molecule has 118 valence electrons. The molecule has 1 atom stereocenters. The molecule has 0 saturated carbocycles. The van der Waals surface area contributed by atoms with Crippen molar-refractivity contribution in [3.63, 3.8) is 0 Å². The maximum Gasteiger partial charge on any atom is 0.255 e. The molecule has 5 heteroatoms. The second-order valence-corrected chi connectivity index (χ2v) is 6.41. The van der Waals surface area contributed by atoms with Gasteiger partial charge in [0.2, 0.25) is 5.91 Å². The fourth-order valence-corrected chi connectivity index (χ4v) is 3.05. The zero-order valence-electron chi connectivity index (χ0n) is 12.9. The Hall–Kier alpha value is -2.33. The van der Waals surface area contributed by atoms with Crippen LogP contribution in [0.5, 0.6) is 0 Å². The van der Waals surface area contributed by atoms with E-state index in [0.717, 1.165) is 11.3 Å². The number of halogens is 1. The minimum Gasteiger partial charge on any atom is -0.325 e. The lowest BCUT2D eigenvalue weighted by Crippen LogP contribution is -2.17. The van der Waals surface area contributed by atoms with Gasteiger partial charge in [-0.1, -0.05) is 31.5 Å². The molecule has 2 aromatic rings. The van der Waals surface area contributed by atoms with Gasteiger partial charge in [0.25, 0.3) is 5.91 Å². The van der Waals surface area contributed by atoms with Gasteiger partial charge in [0, 0.05) is 22.0 Å². The number of amides is 2. The summed E-state index contributed by atoms with van der Waals surface area (Å²) in [6, 6.07) is 12.2. The SMILES string of the molecule is CC(C)C1C(=O)Nc2ccc(NC(=O)c3cccc(Cl)c3)cc21. The van der Waals surface area contributed by atoms with Crippen LogP contribution in [0.4, 0.5) is 11.4 Å². The first kappa shape index (κ1) is 15.6. The fraction of sp³-hybridized carbons (Fsp3) is 0.222. The molecule has 0 radical (unpaired) electrons. The summed E-state index contributed by atoms with van der Waals surface area (Å²) in [7, 11) is 0. The molecule has 2 aromatic carbocycles. The zero-order valence-corrected chi connectivity index (χ0v) is 13.6. The Kier molecular flexibility index (Phi) is 4.09. The first-order valence-corrected chi connectivity index (χ1v) is 7.85. The number of hydrogen-bond donors (Lipinski definition) is 2. The molecular formula is C18H17ClN2O2. The summed E-state index contributed by atoms with van der Waals surface area (Å²) >= 11 is 5.91. The van der Waals surface area contributed by atoms with Crippen LogP contribution in [-0.4, -0.2) is 11.8 Å². The van der Waals surface area contributed by atoms with Crippen molar-refractivity contribution in [3.8, 4) is 0 Å². The van der Waals surface area contributed by atoms with Gasteiger partial charge in [0.15, 0.2) is 0 Å². The van der Waals surface area contributed by atoms with E-state index < -0.39 is 0 Å². The van der Waals surface area contributed by atoms with Crippen LogP contribution >= 0.6 is 11.6 Å². The van der Waals surface area contributed by atoms with Gasteiger partial charge in [-0.15, -0.1) is 0 Å². The molecule has 1 heterocycles. The number of fused-ring (bicyclic) bond motifs is 1. The summed E-state index contributed by atoms with van der Waals surface area (Å²) in [5, 5.41) is 6.25. The molecule has 0 fully saturated rings. The highest BCUT2D eigenvalue weighted by Crippen LogP contribution is 2.38. The van der Waals surface area contributed by atoms with Crippen LogP contribution in [0.25, 0.3) is 0 Å². The topological polar surface area (TPSA) is 58.2 Å². The lowest BCUT2D eigenvalue weighted by molar-refractivity contribution is -0.117. The van der Waals surface area contributed by atoms with Crippen molar-refractivity contribution in [1.29, 1.82) is 0 Å². The minimum atomic E-state index is -0.231. The molecular weight excluding hydrogens is 312 g/mol. The van der Waals surface area contributed by atoms with Gasteiger partial charge in [-0.2, -0.15) is 0 Å². The van der Waals surface area contributed by atoms with Gasteiger partial charge >= 0.3 is 0 Å². The number of carbonyl (C=O) groups is 2. The predicted molar refractivity (Wildman–Crippen MR) is 92.1 cm³/mol. The molecule has 1 unspecified atom stereocenters. The number of benzene rings is 2. The Bertz CT molecular complexity index is 786. The molecule has 0 aliphatic carbocycles. The summed E-state index contributed by atoms with van der Waals surface area (Å²) in [5.74, 6) is -0.220. The van der Waals surface area contributed by atoms with E-state index in [1.165, 1.54) is 0 Å². The molecule has 1 aliphatic heterocycles. The number of nitrogens with one attached hydrogen (secondary N) is 2. The highest BCUT2D eigenvalue weighted by Gasteiger charge is 2.33. The zero-order chi connectivity index (χ0) is 16.6. The minimum absolute atomic E-state index is 0.00770. The molecule has 0 bridgehead atoms. The number of hydrogen-bond acceptors (Lipinski definition) is 2. The molecule has 3 rings (SSSR count). The molecule has 2 N–H and O–H groups in total. The van der Waals surface area contributed by atoms with Crippen molar-refractivity contribution in [3.05, 3.63) is 58.6 Å². The highest BCUT2D eigenvalue weighted by molar-refractivity contribution is 6.31. The van der Waals surface area contributed by atoms with Crippen molar-refractivity contribution in [2.45, 2.75) is 19.8 Å². The fourth-order valence-electron chi connectivity index (χ4n) is 2.86. The van der Waals surface area contributed by atoms with Crippen molar-refractivity contribution < 1.29 is 9.59 Å². The molecule has 0 spiro atoms. The van der Waals surface area contributed by atoms with Crippen molar-refractivity contribution in [2.75, 3.05) is 10.6 Å². The van der Waals surface area contributed by atoms with Crippen molar-refractivity contribution in [2.24, 2.45) is 5.92 Å². The predicted octanol–water partition coefficient (Wildman–Crippen LogP) is 4.28. The largest absolute Gasteiger partial charge is 0.325 e. The number of carbonyl (C=O) groups excluding carboxylic acids is 2. The van der Waals surface area contributed by atoms with Gasteiger partial charge in [0.1, 0.15) is 0 Å². The van der Waals surface area contributed by atoms with E-state index in [0.29, 0.717) is 16.3 Å². The molecule has 4 nitrogen and oxygen atoms in total. The third-order valence-corrected chi connectivity index (χ3v) is 4.17. The van der Waals surface area contributed by atoms with Crippen LogP contribution in [0.15, 0.2) is 42.5 Å². The molecule has 0 aromatic heterocycles. The van der Waals surface area contributed by atoms with E-state index in [4.69, 9.17) is 11.6 Å². The number of rotatable bonds is 3. The highest BCUT2D eigenvalue weighted by atomic mass is 35.5. The van der Waals surface area contributed by atoms with Crippen molar-refractivity contribution >= 4 is 34.8 Å². The Balaban J connectivity index is 1.86. The Morgan fingerprint density at radius 1 is 1.22 bits per heavy atom. The van der Waals surface area contributed by atoms with Gasteiger partial charge in [-0.3, -0.25) is 9.59 Å². The monoisotopic (exact) mass is 328 g/mol. The lowest BCUT2D eigenvalue weighted by Gasteiger charge is -2.14. The van der Waals surface area contributed by atoms with Gasteiger partial charge in [0.05, 0.1) is 5.92 Å². The average molecular weight is 329 g/mol. The molecule has 2 amide bonds. The van der Waals surface area contributed by atoms with Crippen LogP contribution in [0, 0.1) is 5.92 Å². The third kappa shape index (κ3) is 3.08. The summed E-state index contributed by atoms with van der Waals surface area (Å²) in [5.41, 5.74) is 2.90. The first-order chi connectivity index (χ1) is 11.0. The van der Waals surface area contributed by atoms with Crippen molar-refractivity contribution in [1.82, 2.24) is 0 Å². The van der Waals surface area contributed by atoms with E-state index >= 15 is 0 Å². The molecule has 0 saturated heterocycles. The van der Waals surface area contributed by atoms with E-state index in [1.807, 2.05) is 26.0 Å². The molecule has 23 heavy (non-hydrogen) atoms. The summed E-state index contributed by atoms with van der Waals surface area (Å²) in [6.07, 6.45) is 0. The van der Waals surface area contributed by atoms with Gasteiger partial charge in [-0.05, 0) is 47.9 Å². The van der Waals surface area contributed by atoms with Gasteiger partial charge < -0.3 is 10.6 Å². The second-order valence-electron chi connectivity index (χ2n) is 5.98. The maximum atomic E-state index is 12.3. The standard InChI is InChI=1S/C18H17ClN2O2/c1-10(2)16-14-9-13(6-7-15(14)21-18(16)23)20-17(22)11-4-3-5-12(19)8-11/h3-10,16H,1-2H3,(H,20,22)(H,21,23). The van der Waals surface area contributed by atoms with Crippen LogP contribution < -0.4 is 10.6 Å². The smallest absolute Gasteiger partial charge is 0.255 e. The Morgan fingerprint density at radius 2 is 2.00 bits per heavy atom. The summed E-state index contributed by atoms with van der Waals surface area (Å²) in [4.78, 5) is 24.3. The van der Waals surface area contributed by atoms with Crippen LogP contribution in [0.1, 0.15) is 35.7 Å². The summed E-state index contributed by atoms with van der Waals surface area (Å²) in [6.45, 7) is 4.02. The Labute approximate surface area is 139 Å². The second kappa shape index (κ2) is 6.05. The van der Waals surface area contributed by atoms with Crippen LogP contribution in [0.2, 0.25) is 5.02 Å². The normalized spacial score (nSPS) is 16.2. The molecule has 1 aliphatic rings. The summed E-state index contributed by atoms with van der Waals surface area (Å²) < 4.78 is 0. The van der Waals surface area contributed by atoms with Gasteiger partial charge in [-0.25, -0.2) is 0 Å². The Morgan fingerprint density at radius 3 is 2.70 bits per heavy atom. The third-order valence-electron chi connectivity index (χ3n) is 3.94.